The summed E-state index contributed by atoms with van der Waals surface area (Å²) in [6, 6.07) is 15.7. The molecule has 0 saturated heterocycles. The molecule has 1 heterocycles. The van der Waals surface area contributed by atoms with Crippen molar-refractivity contribution >= 4 is 34.3 Å². The number of aryl methyl sites for hydroxylation is 1. The molecule has 3 aromatic rings. The van der Waals surface area contributed by atoms with Gasteiger partial charge in [-0.15, -0.1) is 11.8 Å². The molecule has 0 radical (unpaired) electrons. The van der Waals surface area contributed by atoms with Gasteiger partial charge in [0.15, 0.2) is 0 Å². The first-order valence-electron chi connectivity index (χ1n) is 11.6. The average Bonchev–Trinajstić information content (AvgIpc) is 2.79. The van der Waals surface area contributed by atoms with E-state index in [4.69, 9.17) is 4.74 Å². The predicted octanol–water partition coefficient (Wildman–Crippen LogP) is 4.70. The summed E-state index contributed by atoms with van der Waals surface area (Å²) >= 11 is 1.49. The smallest absolute Gasteiger partial charge is 0.345 e. The number of benzene rings is 2. The van der Waals surface area contributed by atoms with Gasteiger partial charge >= 0.3 is 11.5 Å². The van der Waals surface area contributed by atoms with Gasteiger partial charge in [0.25, 0.3) is 5.82 Å². The Labute approximate surface area is 199 Å². The summed E-state index contributed by atoms with van der Waals surface area (Å²) in [6.45, 7) is 9.49. The van der Waals surface area contributed by atoms with Crippen LogP contribution in [0.2, 0.25) is 0 Å². The highest BCUT2D eigenvalue weighted by Crippen LogP contribution is 2.34. The molecule has 2 N–H and O–H groups in total. The van der Waals surface area contributed by atoms with Crippen LogP contribution in [0.15, 0.2) is 58.2 Å². The molecular formula is C26H34N3O3S+. The number of esters is 1. The van der Waals surface area contributed by atoms with E-state index in [2.05, 4.69) is 17.2 Å². The van der Waals surface area contributed by atoms with Crippen LogP contribution in [0, 0.1) is 0 Å². The number of nitrogens with one attached hydrogen (secondary N) is 2. The third-order valence-electron chi connectivity index (χ3n) is 5.38. The fourth-order valence-corrected chi connectivity index (χ4v) is 4.70. The average molecular weight is 469 g/mol. The molecule has 0 spiro atoms. The van der Waals surface area contributed by atoms with E-state index in [1.54, 1.807) is 0 Å². The monoisotopic (exact) mass is 468 g/mol. The molecule has 0 bridgehead atoms. The Hall–Kier alpha value is -2.80. The fraction of sp³-hybridized carbons (Fsp3) is 0.423. The van der Waals surface area contributed by atoms with Crippen LogP contribution < -0.4 is 15.9 Å². The Morgan fingerprint density at radius 3 is 2.55 bits per heavy atom. The zero-order valence-corrected chi connectivity index (χ0v) is 20.8. The summed E-state index contributed by atoms with van der Waals surface area (Å²) in [6.07, 6.45) is 2.65. The Bertz CT molecular complexity index is 1140. The van der Waals surface area contributed by atoms with Crippen molar-refractivity contribution in [1.82, 2.24) is 4.57 Å². The van der Waals surface area contributed by atoms with E-state index in [0.717, 1.165) is 53.1 Å². The Morgan fingerprint density at radius 1 is 1.12 bits per heavy atom. The zero-order chi connectivity index (χ0) is 23.8. The Kier molecular flexibility index (Phi) is 8.55. The van der Waals surface area contributed by atoms with Crippen molar-refractivity contribution in [2.45, 2.75) is 63.1 Å². The van der Waals surface area contributed by atoms with Crippen molar-refractivity contribution in [1.29, 1.82) is 0 Å². The molecule has 6 nitrogen and oxygen atoms in total. The third-order valence-corrected chi connectivity index (χ3v) is 6.56. The molecule has 0 aliphatic carbocycles. The number of rotatable bonds is 11. The van der Waals surface area contributed by atoms with Crippen LogP contribution in [0.3, 0.4) is 0 Å². The minimum Gasteiger partial charge on any atom is -0.465 e. The molecule has 0 aliphatic heterocycles. The lowest BCUT2D eigenvalue weighted by atomic mass is 10.2. The van der Waals surface area contributed by atoms with Gasteiger partial charge in [-0.3, -0.25) is 4.79 Å². The largest absolute Gasteiger partial charge is 0.465 e. The molecule has 3 rings (SSSR count). The van der Waals surface area contributed by atoms with E-state index in [-0.39, 0.29) is 11.5 Å². The molecule has 0 saturated carbocycles. The third kappa shape index (κ3) is 6.38. The van der Waals surface area contributed by atoms with E-state index >= 15 is 0 Å². The Balaban J connectivity index is 1.59. The van der Waals surface area contributed by atoms with Crippen molar-refractivity contribution in [2.75, 3.05) is 18.5 Å². The van der Waals surface area contributed by atoms with Crippen molar-refractivity contribution in [3.8, 4) is 0 Å². The van der Waals surface area contributed by atoms with Gasteiger partial charge in [-0.25, -0.2) is 9.78 Å². The minimum atomic E-state index is -0.634. The highest BCUT2D eigenvalue weighted by atomic mass is 32.2. The van der Waals surface area contributed by atoms with Crippen LogP contribution in [-0.2, 0) is 22.5 Å². The van der Waals surface area contributed by atoms with E-state index in [9.17, 15) is 9.59 Å². The quantitative estimate of drug-likeness (QED) is 0.251. The zero-order valence-electron chi connectivity index (χ0n) is 19.9. The number of anilines is 1. The maximum absolute atomic E-state index is 13.0. The molecule has 0 atom stereocenters. The highest BCUT2D eigenvalue weighted by Gasteiger charge is 2.30. The normalized spacial score (nSPS) is 11.5. The second-order valence-corrected chi connectivity index (χ2v) is 10.2. The summed E-state index contributed by atoms with van der Waals surface area (Å²) in [5, 5.41) is 4.16. The highest BCUT2D eigenvalue weighted by molar-refractivity contribution is 8.01. The van der Waals surface area contributed by atoms with Crippen molar-refractivity contribution < 1.29 is 14.5 Å². The predicted molar refractivity (Wildman–Crippen MR) is 135 cm³/mol. The maximum Gasteiger partial charge on any atom is 0.345 e. The SMILES string of the molecule is CCCc1[nH+]c2ccccc2c(=O)n1CCCNc1ccc(SC(C)(C)C(=O)OCC)cc1. The maximum atomic E-state index is 13.0. The number of thioether (sulfide) groups is 1. The first-order valence-corrected chi connectivity index (χ1v) is 12.4. The number of aromatic amines is 1. The van der Waals surface area contributed by atoms with E-state index in [0.29, 0.717) is 13.2 Å². The number of aromatic nitrogens is 2. The molecule has 0 fully saturated rings. The minimum absolute atomic E-state index is 0.0680. The number of para-hydroxylation sites is 1. The number of hydrogen-bond donors (Lipinski definition) is 1. The van der Waals surface area contributed by atoms with Gasteiger partial charge in [0, 0.05) is 30.0 Å². The standard InChI is InChI=1S/C26H33N3O3S/c1-5-10-23-28-22-12-8-7-11-21(22)24(30)29(23)18-9-17-27-19-13-15-20(16-14-19)33-26(3,4)25(31)32-6-2/h7-8,11-16,27H,5-6,9-10,17-18H2,1-4H3/p+1. The lowest BCUT2D eigenvalue weighted by molar-refractivity contribution is -0.367. The summed E-state index contributed by atoms with van der Waals surface area (Å²) in [5.74, 6) is 0.771. The van der Waals surface area contributed by atoms with Gasteiger partial charge in [0.05, 0.1) is 13.2 Å². The van der Waals surface area contributed by atoms with Crippen molar-refractivity contribution in [2.24, 2.45) is 0 Å². The van der Waals surface area contributed by atoms with Gasteiger partial charge in [0.1, 0.15) is 15.6 Å². The molecule has 2 aromatic carbocycles. The fourth-order valence-electron chi connectivity index (χ4n) is 3.69. The lowest BCUT2D eigenvalue weighted by Crippen LogP contribution is -2.33. The van der Waals surface area contributed by atoms with Crippen molar-refractivity contribution in [3.05, 3.63) is 64.7 Å². The molecule has 0 amide bonds. The van der Waals surface area contributed by atoms with E-state index in [1.807, 2.05) is 73.9 Å². The van der Waals surface area contributed by atoms with Gasteiger partial charge < -0.3 is 10.1 Å². The number of hydrogen-bond acceptors (Lipinski definition) is 5. The van der Waals surface area contributed by atoms with Crippen LogP contribution in [-0.4, -0.2) is 28.4 Å². The number of ether oxygens (including phenoxy) is 1. The second kappa shape index (κ2) is 11.4. The molecule has 176 valence electrons. The van der Waals surface area contributed by atoms with E-state index < -0.39 is 4.75 Å². The topological polar surface area (TPSA) is 74.5 Å². The van der Waals surface area contributed by atoms with Gasteiger partial charge in [-0.2, -0.15) is 4.57 Å². The number of H-pyrrole nitrogens is 1. The van der Waals surface area contributed by atoms with Crippen LogP contribution in [0.4, 0.5) is 5.69 Å². The molecule has 7 heteroatoms. The van der Waals surface area contributed by atoms with Crippen LogP contribution in [0.25, 0.3) is 10.9 Å². The van der Waals surface area contributed by atoms with Crippen LogP contribution >= 0.6 is 11.8 Å². The number of carbonyl (C=O) groups excluding carboxylic acids is 1. The number of carbonyl (C=O) groups is 1. The van der Waals surface area contributed by atoms with Gasteiger partial charge in [0.2, 0.25) is 0 Å². The number of fused-ring (bicyclic) bond motifs is 1. The van der Waals surface area contributed by atoms with Gasteiger partial charge in [-0.1, -0.05) is 19.1 Å². The van der Waals surface area contributed by atoms with Gasteiger partial charge in [-0.05, 0) is 63.6 Å². The summed E-state index contributed by atoms with van der Waals surface area (Å²) in [4.78, 5) is 29.6. The van der Waals surface area contributed by atoms with Crippen LogP contribution in [0.5, 0.6) is 0 Å². The molecule has 0 aliphatic rings. The summed E-state index contributed by atoms with van der Waals surface area (Å²) in [5.41, 5.74) is 1.97. The van der Waals surface area contributed by atoms with E-state index in [1.165, 1.54) is 11.8 Å². The number of nitrogens with zero attached hydrogens (tertiary/aromatic N) is 1. The van der Waals surface area contributed by atoms with Crippen molar-refractivity contribution in [3.63, 3.8) is 0 Å². The summed E-state index contributed by atoms with van der Waals surface area (Å²) in [7, 11) is 0. The molecular weight excluding hydrogens is 434 g/mol. The first kappa shape index (κ1) is 24.8. The second-order valence-electron chi connectivity index (χ2n) is 8.46. The Morgan fingerprint density at radius 2 is 1.85 bits per heavy atom. The van der Waals surface area contributed by atoms with Crippen LogP contribution in [0.1, 0.15) is 46.4 Å². The molecule has 33 heavy (non-hydrogen) atoms. The molecule has 0 unspecified atom stereocenters. The lowest BCUT2D eigenvalue weighted by Gasteiger charge is -2.21. The summed E-state index contributed by atoms with van der Waals surface area (Å²) < 4.78 is 6.41. The first-order chi connectivity index (χ1) is 15.9. The molecule has 1 aromatic heterocycles.